The molecule has 7 nitrogen and oxygen atoms in total. The maximum Gasteiger partial charge on any atom is 0.345 e. The van der Waals surface area contributed by atoms with Crippen LogP contribution < -0.4 is 0 Å². The molecule has 0 unspecified atom stereocenters. The molecule has 1 aliphatic rings. The molecule has 0 saturated carbocycles. The van der Waals surface area contributed by atoms with Crippen LogP contribution in [0, 0.1) is 10.1 Å². The molecular weight excluding hydrogens is 336 g/mol. The van der Waals surface area contributed by atoms with Gasteiger partial charge in [0.1, 0.15) is 5.56 Å². The Labute approximate surface area is 144 Å². The van der Waals surface area contributed by atoms with Gasteiger partial charge in [0, 0.05) is 23.2 Å². The third kappa shape index (κ3) is 4.03. The number of hydrogen-bond donors (Lipinski definition) is 0. The number of benzene rings is 1. The molecule has 130 valence electrons. The van der Waals surface area contributed by atoms with Gasteiger partial charge in [0.15, 0.2) is 6.61 Å². The molecule has 0 aliphatic carbocycles. The Kier molecular flexibility index (Phi) is 5.77. The summed E-state index contributed by atoms with van der Waals surface area (Å²) in [6, 6.07) is 3.84. The lowest BCUT2D eigenvalue weighted by Crippen LogP contribution is -2.49. The normalized spacial score (nSPS) is 20.5. The minimum atomic E-state index is -0.913. The number of hydrogen-bond acceptors (Lipinski definition) is 5. The van der Waals surface area contributed by atoms with Gasteiger partial charge in [-0.3, -0.25) is 14.9 Å². The fraction of sp³-hybridized carbons (Fsp3) is 0.500. The van der Waals surface area contributed by atoms with Gasteiger partial charge in [-0.2, -0.15) is 0 Å². The van der Waals surface area contributed by atoms with E-state index in [1.54, 1.807) is 4.90 Å². The lowest BCUT2D eigenvalue weighted by atomic mass is 9.97. The molecule has 1 amide bonds. The quantitative estimate of drug-likeness (QED) is 0.470. The summed E-state index contributed by atoms with van der Waals surface area (Å²) in [6.07, 6.45) is 2.88. The van der Waals surface area contributed by atoms with Crippen molar-refractivity contribution < 1.29 is 19.2 Å². The van der Waals surface area contributed by atoms with Crippen LogP contribution in [-0.2, 0) is 9.53 Å². The van der Waals surface area contributed by atoms with E-state index in [1.165, 1.54) is 12.1 Å². The van der Waals surface area contributed by atoms with Crippen molar-refractivity contribution in [1.29, 1.82) is 0 Å². The molecule has 0 radical (unpaired) electrons. The lowest BCUT2D eigenvalue weighted by molar-refractivity contribution is -0.385. The van der Waals surface area contributed by atoms with E-state index in [9.17, 15) is 19.7 Å². The molecule has 0 bridgehead atoms. The highest BCUT2D eigenvalue weighted by molar-refractivity contribution is 6.31. The minimum Gasteiger partial charge on any atom is -0.452 e. The number of esters is 1. The lowest BCUT2D eigenvalue weighted by Gasteiger charge is -2.38. The predicted molar refractivity (Wildman–Crippen MR) is 88.0 cm³/mol. The van der Waals surface area contributed by atoms with Gasteiger partial charge in [-0.25, -0.2) is 4.79 Å². The van der Waals surface area contributed by atoms with Crippen LogP contribution in [0.2, 0.25) is 5.02 Å². The van der Waals surface area contributed by atoms with Gasteiger partial charge in [-0.15, -0.1) is 0 Å². The van der Waals surface area contributed by atoms with Gasteiger partial charge in [0.05, 0.1) is 4.92 Å². The first kappa shape index (κ1) is 18.2. The molecule has 0 aromatic heterocycles. The summed E-state index contributed by atoms with van der Waals surface area (Å²) in [6.45, 7) is 3.48. The number of halogens is 1. The Bertz CT molecular complexity index is 654. The summed E-state index contributed by atoms with van der Waals surface area (Å²) in [5, 5.41) is 11.2. The molecule has 0 spiro atoms. The zero-order valence-corrected chi connectivity index (χ0v) is 14.3. The number of ether oxygens (including phenoxy) is 1. The number of carbonyl (C=O) groups is 2. The summed E-state index contributed by atoms with van der Waals surface area (Å²) in [5.74, 6) is -1.20. The summed E-state index contributed by atoms with van der Waals surface area (Å²) < 4.78 is 4.99. The second kappa shape index (κ2) is 7.61. The summed E-state index contributed by atoms with van der Waals surface area (Å²) >= 11 is 5.71. The highest BCUT2D eigenvalue weighted by atomic mass is 35.5. The molecule has 0 N–H and O–H groups in total. The van der Waals surface area contributed by atoms with E-state index < -0.39 is 23.2 Å². The fourth-order valence-electron chi connectivity index (χ4n) is 3.02. The average Bonchev–Trinajstić information content (AvgIpc) is 2.52. The van der Waals surface area contributed by atoms with E-state index in [0.717, 1.165) is 25.3 Å². The fourth-order valence-corrected chi connectivity index (χ4v) is 3.19. The number of amides is 1. The zero-order chi connectivity index (χ0) is 17.9. The summed E-state index contributed by atoms with van der Waals surface area (Å²) in [5.41, 5.74) is -0.670. The van der Waals surface area contributed by atoms with Crippen molar-refractivity contribution in [3.05, 3.63) is 38.9 Å². The number of nitrogens with zero attached hydrogens (tertiary/aromatic N) is 2. The first-order valence-corrected chi connectivity index (χ1v) is 8.11. The van der Waals surface area contributed by atoms with Crippen LogP contribution in [0.4, 0.5) is 5.69 Å². The Morgan fingerprint density at radius 1 is 1.33 bits per heavy atom. The van der Waals surface area contributed by atoms with E-state index in [2.05, 4.69) is 0 Å². The molecule has 24 heavy (non-hydrogen) atoms. The molecule has 1 aromatic carbocycles. The molecular formula is C16H19ClN2O5. The van der Waals surface area contributed by atoms with E-state index >= 15 is 0 Å². The van der Waals surface area contributed by atoms with Gasteiger partial charge >= 0.3 is 5.97 Å². The van der Waals surface area contributed by atoms with Gasteiger partial charge < -0.3 is 9.64 Å². The molecule has 2 rings (SSSR count). The molecule has 1 aliphatic heterocycles. The van der Waals surface area contributed by atoms with Crippen molar-refractivity contribution in [3.8, 4) is 0 Å². The Balaban J connectivity index is 2.05. The number of likely N-dealkylation sites (tertiary alicyclic amines) is 1. The van der Waals surface area contributed by atoms with Crippen molar-refractivity contribution in [2.45, 2.75) is 45.2 Å². The van der Waals surface area contributed by atoms with E-state index in [-0.39, 0.29) is 28.6 Å². The smallest absolute Gasteiger partial charge is 0.345 e. The number of piperidine rings is 1. The van der Waals surface area contributed by atoms with Crippen LogP contribution in [0.3, 0.4) is 0 Å². The Morgan fingerprint density at radius 3 is 2.54 bits per heavy atom. The molecule has 1 saturated heterocycles. The molecule has 1 fully saturated rings. The second-order valence-electron chi connectivity index (χ2n) is 5.92. The van der Waals surface area contributed by atoms with E-state index in [1.807, 2.05) is 13.8 Å². The molecule has 2 atom stereocenters. The standard InChI is InChI=1S/C16H19ClN2O5/c1-10-4-3-5-11(2)18(10)15(20)9-24-16(21)13-7-6-12(17)8-14(13)19(22)23/h6-8,10-11H,3-5,9H2,1-2H3/t10-,11-/m1/s1. The van der Waals surface area contributed by atoms with Gasteiger partial charge in [-0.1, -0.05) is 11.6 Å². The predicted octanol–water partition coefficient (Wildman–Crippen LogP) is 3.19. The van der Waals surface area contributed by atoms with Crippen LogP contribution in [0.15, 0.2) is 18.2 Å². The number of rotatable bonds is 4. The topological polar surface area (TPSA) is 89.8 Å². The SMILES string of the molecule is C[C@@H]1CCC[C@@H](C)N1C(=O)COC(=O)c1ccc(Cl)cc1[N+](=O)[O-]. The number of nitro groups is 1. The largest absolute Gasteiger partial charge is 0.452 e. The second-order valence-corrected chi connectivity index (χ2v) is 6.36. The molecule has 1 heterocycles. The third-order valence-corrected chi connectivity index (χ3v) is 4.42. The van der Waals surface area contributed by atoms with Crippen molar-refractivity contribution in [3.63, 3.8) is 0 Å². The first-order chi connectivity index (χ1) is 11.3. The van der Waals surface area contributed by atoms with Crippen molar-refractivity contribution in [1.82, 2.24) is 4.90 Å². The van der Waals surface area contributed by atoms with Crippen LogP contribution in [0.1, 0.15) is 43.5 Å². The van der Waals surface area contributed by atoms with Crippen LogP contribution in [0.25, 0.3) is 0 Å². The van der Waals surface area contributed by atoms with Crippen molar-refractivity contribution in [2.75, 3.05) is 6.61 Å². The van der Waals surface area contributed by atoms with Gasteiger partial charge in [0.25, 0.3) is 11.6 Å². The van der Waals surface area contributed by atoms with Crippen LogP contribution in [-0.4, -0.2) is 40.4 Å². The highest BCUT2D eigenvalue weighted by Crippen LogP contribution is 2.25. The average molecular weight is 355 g/mol. The first-order valence-electron chi connectivity index (χ1n) is 7.73. The summed E-state index contributed by atoms with van der Waals surface area (Å²) in [4.78, 5) is 36.4. The molecule has 1 aromatic rings. The Morgan fingerprint density at radius 2 is 1.96 bits per heavy atom. The van der Waals surface area contributed by atoms with Crippen LogP contribution >= 0.6 is 11.6 Å². The molecule has 8 heteroatoms. The van der Waals surface area contributed by atoms with Gasteiger partial charge in [-0.05, 0) is 45.2 Å². The highest BCUT2D eigenvalue weighted by Gasteiger charge is 2.30. The summed E-state index contributed by atoms with van der Waals surface area (Å²) in [7, 11) is 0. The van der Waals surface area contributed by atoms with E-state index in [0.29, 0.717) is 0 Å². The minimum absolute atomic E-state index is 0.0878. The zero-order valence-electron chi connectivity index (χ0n) is 13.5. The van der Waals surface area contributed by atoms with Crippen LogP contribution in [0.5, 0.6) is 0 Å². The van der Waals surface area contributed by atoms with Gasteiger partial charge in [0.2, 0.25) is 0 Å². The van der Waals surface area contributed by atoms with Crippen molar-refractivity contribution in [2.24, 2.45) is 0 Å². The maximum absolute atomic E-state index is 12.3. The van der Waals surface area contributed by atoms with E-state index in [4.69, 9.17) is 16.3 Å². The monoisotopic (exact) mass is 354 g/mol. The third-order valence-electron chi connectivity index (χ3n) is 4.18. The number of nitro benzene ring substituents is 1. The maximum atomic E-state index is 12.3. The number of carbonyl (C=O) groups excluding carboxylic acids is 2. The Hall–Kier alpha value is -2.15. The van der Waals surface area contributed by atoms with Crippen molar-refractivity contribution >= 4 is 29.2 Å².